The second kappa shape index (κ2) is 4.41. The molecular formula is C14H18N4O2. The van der Waals surface area contributed by atoms with Gasteiger partial charge >= 0.3 is 0 Å². The van der Waals surface area contributed by atoms with Crippen molar-refractivity contribution in [2.24, 2.45) is 0 Å². The molecule has 2 fully saturated rings. The maximum absolute atomic E-state index is 12.0. The summed E-state index contributed by atoms with van der Waals surface area (Å²) < 4.78 is 0. The van der Waals surface area contributed by atoms with E-state index in [1.54, 1.807) is 0 Å². The zero-order chi connectivity index (χ0) is 13.7. The fourth-order valence-corrected chi connectivity index (χ4v) is 3.01. The lowest BCUT2D eigenvalue weighted by Gasteiger charge is -2.25. The number of nitrogens with one attached hydrogen (secondary N) is 1. The molecule has 1 atom stereocenters. The monoisotopic (exact) mass is 274 g/mol. The van der Waals surface area contributed by atoms with Crippen LogP contribution in [0.3, 0.4) is 0 Å². The number of fused-ring (bicyclic) bond motifs is 1. The first kappa shape index (κ1) is 12.1. The van der Waals surface area contributed by atoms with Crippen LogP contribution >= 0.6 is 0 Å². The topological polar surface area (TPSA) is 78.4 Å². The molecule has 106 valence electrons. The Bertz CT molecular complexity index is 571. The van der Waals surface area contributed by atoms with E-state index >= 15 is 0 Å². The molecule has 2 N–H and O–H groups in total. The van der Waals surface area contributed by atoms with Crippen LogP contribution in [-0.2, 0) is 6.42 Å². The van der Waals surface area contributed by atoms with Gasteiger partial charge in [-0.1, -0.05) is 0 Å². The van der Waals surface area contributed by atoms with E-state index in [0.29, 0.717) is 24.7 Å². The van der Waals surface area contributed by atoms with Gasteiger partial charge in [0, 0.05) is 31.1 Å². The van der Waals surface area contributed by atoms with Crippen molar-refractivity contribution in [2.75, 3.05) is 24.5 Å². The van der Waals surface area contributed by atoms with Gasteiger partial charge in [0.1, 0.15) is 17.3 Å². The Morgan fingerprint density at radius 2 is 2.10 bits per heavy atom. The number of anilines is 1. The molecule has 1 amide bonds. The Morgan fingerprint density at radius 1 is 1.25 bits per heavy atom. The van der Waals surface area contributed by atoms with E-state index in [1.807, 2.05) is 0 Å². The van der Waals surface area contributed by atoms with E-state index in [0.717, 1.165) is 49.4 Å². The van der Waals surface area contributed by atoms with Gasteiger partial charge in [-0.3, -0.25) is 4.79 Å². The molecule has 4 rings (SSSR count). The number of hydrogen-bond donors (Lipinski definition) is 2. The summed E-state index contributed by atoms with van der Waals surface area (Å²) in [5, 5.41) is 12.6. The van der Waals surface area contributed by atoms with E-state index in [-0.39, 0.29) is 12.0 Å². The summed E-state index contributed by atoms with van der Waals surface area (Å²) in [7, 11) is 0. The smallest absolute Gasteiger partial charge is 0.270 e. The van der Waals surface area contributed by atoms with Crippen molar-refractivity contribution in [1.82, 2.24) is 15.3 Å². The Labute approximate surface area is 117 Å². The number of amides is 1. The van der Waals surface area contributed by atoms with Gasteiger partial charge in [0.25, 0.3) is 5.91 Å². The van der Waals surface area contributed by atoms with Crippen molar-refractivity contribution in [3.63, 3.8) is 0 Å². The van der Waals surface area contributed by atoms with E-state index in [1.165, 1.54) is 0 Å². The molecule has 3 heterocycles. The fraction of sp³-hybridized carbons (Fsp3) is 0.643. The first-order valence-corrected chi connectivity index (χ1v) is 7.34. The van der Waals surface area contributed by atoms with Gasteiger partial charge in [-0.2, -0.15) is 0 Å². The highest BCUT2D eigenvalue weighted by Gasteiger charge is 2.33. The van der Waals surface area contributed by atoms with Crippen LogP contribution in [0.2, 0.25) is 0 Å². The zero-order valence-electron chi connectivity index (χ0n) is 11.3. The fourth-order valence-electron chi connectivity index (χ4n) is 3.01. The van der Waals surface area contributed by atoms with Crippen LogP contribution in [0.4, 0.5) is 5.82 Å². The molecule has 0 unspecified atom stereocenters. The van der Waals surface area contributed by atoms with Crippen molar-refractivity contribution in [3.05, 3.63) is 17.1 Å². The number of nitrogens with zero attached hydrogens (tertiary/aromatic N) is 3. The Morgan fingerprint density at radius 3 is 2.80 bits per heavy atom. The second-order valence-electron chi connectivity index (χ2n) is 5.90. The SMILES string of the molecule is O=C1NCCc2c1nc(C1CC1)nc2N1CC[C@H](O)C1. The maximum atomic E-state index is 12.0. The molecule has 3 aliphatic rings. The van der Waals surface area contributed by atoms with E-state index in [4.69, 9.17) is 4.98 Å². The summed E-state index contributed by atoms with van der Waals surface area (Å²) in [6, 6.07) is 0. The van der Waals surface area contributed by atoms with Crippen LogP contribution in [0.5, 0.6) is 0 Å². The minimum absolute atomic E-state index is 0.0865. The largest absolute Gasteiger partial charge is 0.391 e. The molecule has 0 bridgehead atoms. The molecule has 1 aromatic rings. The molecule has 6 nitrogen and oxygen atoms in total. The number of β-amino-alcohol motifs (C(OH)–C–C–N with tert-alkyl or cyclic N) is 1. The van der Waals surface area contributed by atoms with Crippen molar-refractivity contribution in [3.8, 4) is 0 Å². The third kappa shape index (κ3) is 1.95. The number of hydrogen-bond acceptors (Lipinski definition) is 5. The highest BCUT2D eigenvalue weighted by atomic mass is 16.3. The Balaban J connectivity index is 1.80. The summed E-state index contributed by atoms with van der Waals surface area (Å²) in [5.41, 5.74) is 1.50. The third-order valence-electron chi connectivity index (χ3n) is 4.28. The summed E-state index contributed by atoms with van der Waals surface area (Å²) >= 11 is 0. The molecular weight excluding hydrogens is 256 g/mol. The van der Waals surface area contributed by atoms with Crippen LogP contribution in [0.25, 0.3) is 0 Å². The molecule has 1 aromatic heterocycles. The molecule has 6 heteroatoms. The van der Waals surface area contributed by atoms with Gasteiger partial charge in [-0.05, 0) is 25.7 Å². The summed E-state index contributed by atoms with van der Waals surface area (Å²) in [6.45, 7) is 2.05. The number of carbonyl (C=O) groups is 1. The molecule has 0 spiro atoms. The lowest BCUT2D eigenvalue weighted by atomic mass is 10.1. The number of carbonyl (C=O) groups excluding carboxylic acids is 1. The first-order chi connectivity index (χ1) is 9.72. The number of rotatable bonds is 2. The highest BCUT2D eigenvalue weighted by molar-refractivity contribution is 5.96. The summed E-state index contributed by atoms with van der Waals surface area (Å²) in [5.74, 6) is 2.01. The molecule has 0 radical (unpaired) electrons. The molecule has 2 aliphatic heterocycles. The average Bonchev–Trinajstić information content (AvgIpc) is 3.21. The molecule has 0 aromatic carbocycles. The predicted octanol–water partition coefficient (Wildman–Crippen LogP) is 0.211. The number of aliphatic hydroxyl groups excluding tert-OH is 1. The maximum Gasteiger partial charge on any atom is 0.270 e. The van der Waals surface area contributed by atoms with Gasteiger partial charge in [0.05, 0.1) is 6.10 Å². The molecule has 1 saturated heterocycles. The van der Waals surface area contributed by atoms with Crippen LogP contribution in [0, 0.1) is 0 Å². The lowest BCUT2D eigenvalue weighted by molar-refractivity contribution is 0.0940. The van der Waals surface area contributed by atoms with Gasteiger partial charge in [0.15, 0.2) is 0 Å². The van der Waals surface area contributed by atoms with Gasteiger partial charge in [0.2, 0.25) is 0 Å². The average molecular weight is 274 g/mol. The second-order valence-corrected chi connectivity index (χ2v) is 5.90. The zero-order valence-corrected chi connectivity index (χ0v) is 11.3. The van der Waals surface area contributed by atoms with Crippen LogP contribution < -0.4 is 10.2 Å². The quantitative estimate of drug-likeness (QED) is 0.806. The van der Waals surface area contributed by atoms with Gasteiger partial charge in [-0.15, -0.1) is 0 Å². The third-order valence-corrected chi connectivity index (χ3v) is 4.28. The van der Waals surface area contributed by atoms with E-state index < -0.39 is 0 Å². The highest BCUT2D eigenvalue weighted by Crippen LogP contribution is 2.40. The van der Waals surface area contributed by atoms with Crippen molar-refractivity contribution in [1.29, 1.82) is 0 Å². The predicted molar refractivity (Wildman–Crippen MR) is 72.9 cm³/mol. The van der Waals surface area contributed by atoms with Gasteiger partial charge < -0.3 is 15.3 Å². The summed E-state index contributed by atoms with van der Waals surface area (Å²) in [6.07, 6.45) is 3.48. The number of aromatic nitrogens is 2. The van der Waals surface area contributed by atoms with Gasteiger partial charge in [-0.25, -0.2) is 9.97 Å². The van der Waals surface area contributed by atoms with Crippen LogP contribution in [0.1, 0.15) is 47.1 Å². The molecule has 1 saturated carbocycles. The number of aliphatic hydroxyl groups is 1. The minimum atomic E-state index is -0.289. The summed E-state index contributed by atoms with van der Waals surface area (Å²) in [4.78, 5) is 23.4. The van der Waals surface area contributed by atoms with Crippen molar-refractivity contribution >= 4 is 11.7 Å². The standard InChI is InChI=1S/C14H18N4O2/c19-9-4-6-18(7-9)13-10-3-5-15-14(20)11(10)16-12(17-13)8-1-2-8/h8-9,19H,1-7H2,(H,15,20)/t9-/m0/s1. The van der Waals surface area contributed by atoms with Crippen molar-refractivity contribution < 1.29 is 9.90 Å². The van der Waals surface area contributed by atoms with Crippen LogP contribution in [-0.4, -0.2) is 46.7 Å². The van der Waals surface area contributed by atoms with Crippen LogP contribution in [0.15, 0.2) is 0 Å². The first-order valence-electron chi connectivity index (χ1n) is 7.34. The molecule has 20 heavy (non-hydrogen) atoms. The van der Waals surface area contributed by atoms with Crippen molar-refractivity contribution in [2.45, 2.75) is 37.7 Å². The van der Waals surface area contributed by atoms with E-state index in [2.05, 4.69) is 15.2 Å². The lowest BCUT2D eigenvalue weighted by Crippen LogP contribution is -2.36. The Hall–Kier alpha value is -1.69. The normalized spacial score (nSPS) is 25.6. The minimum Gasteiger partial charge on any atom is -0.391 e. The molecule has 1 aliphatic carbocycles. The Kier molecular flexibility index (Phi) is 2.66. The van der Waals surface area contributed by atoms with E-state index in [9.17, 15) is 9.90 Å².